The summed E-state index contributed by atoms with van der Waals surface area (Å²) >= 11 is 0. The molecule has 1 heterocycles. The van der Waals surface area contributed by atoms with Gasteiger partial charge in [-0.1, -0.05) is 6.92 Å². The minimum Gasteiger partial charge on any atom is -0.327 e. The second kappa shape index (κ2) is 6.29. The lowest BCUT2D eigenvalue weighted by Gasteiger charge is -2.09. The number of alkyl halides is 3. The lowest BCUT2D eigenvalue weighted by molar-refractivity contribution is -0.137. The highest BCUT2D eigenvalue weighted by Crippen LogP contribution is 2.29. The van der Waals surface area contributed by atoms with Crippen molar-refractivity contribution in [3.05, 3.63) is 28.2 Å². The molecule has 6 nitrogen and oxygen atoms in total. The van der Waals surface area contributed by atoms with E-state index in [4.69, 9.17) is 0 Å². The first-order valence-electron chi connectivity index (χ1n) is 5.85. The summed E-state index contributed by atoms with van der Waals surface area (Å²) in [7, 11) is -3.65. The first-order valence-corrected chi connectivity index (χ1v) is 7.67. The number of H-pyrrole nitrogens is 1. The first-order chi connectivity index (χ1) is 9.55. The van der Waals surface area contributed by atoms with Crippen molar-refractivity contribution in [2.24, 2.45) is 0 Å². The highest BCUT2D eigenvalue weighted by Gasteiger charge is 2.31. The number of sulfone groups is 1. The van der Waals surface area contributed by atoms with E-state index in [1.165, 1.54) is 0 Å². The van der Waals surface area contributed by atoms with Crippen LogP contribution in [0.1, 0.15) is 18.9 Å². The summed E-state index contributed by atoms with van der Waals surface area (Å²) < 4.78 is 60.3. The lowest BCUT2D eigenvalue weighted by Crippen LogP contribution is -2.27. The molecule has 0 spiro atoms. The summed E-state index contributed by atoms with van der Waals surface area (Å²) in [5, 5.41) is 1.88. The van der Waals surface area contributed by atoms with Crippen molar-refractivity contribution in [2.75, 3.05) is 16.8 Å². The van der Waals surface area contributed by atoms with E-state index in [0.29, 0.717) is 18.7 Å². The Balaban J connectivity index is 2.93. The summed E-state index contributed by atoms with van der Waals surface area (Å²) in [6.07, 6.45) is -3.93. The first kappa shape index (κ1) is 17.2. The number of anilines is 1. The zero-order chi connectivity index (χ0) is 16.3. The SMILES string of the molecule is CCCS(=O)(=O)CC(=O)Nc1cc(C(F)(F)F)c[nH]c1=O. The molecule has 0 atom stereocenters. The maximum Gasteiger partial charge on any atom is 0.417 e. The third-order valence-electron chi connectivity index (χ3n) is 2.37. The summed E-state index contributed by atoms with van der Waals surface area (Å²) in [5.74, 6) is -2.18. The maximum atomic E-state index is 12.5. The highest BCUT2D eigenvalue weighted by molar-refractivity contribution is 7.92. The molecule has 1 amide bonds. The standard InChI is InChI=1S/C11H13F3N2O4S/c1-2-3-21(19,20)6-9(17)16-8-4-7(11(12,13)14)5-15-10(8)18/h4-5H,2-3,6H2,1H3,(H,15,18)(H,16,17). The van der Waals surface area contributed by atoms with Crippen LogP contribution in [0, 0.1) is 0 Å². The van der Waals surface area contributed by atoms with Gasteiger partial charge in [0.25, 0.3) is 5.56 Å². The molecule has 0 bridgehead atoms. The molecule has 0 fully saturated rings. The van der Waals surface area contributed by atoms with Gasteiger partial charge in [-0.3, -0.25) is 9.59 Å². The minimum atomic E-state index is -4.70. The van der Waals surface area contributed by atoms with Gasteiger partial charge in [0.05, 0.1) is 11.3 Å². The van der Waals surface area contributed by atoms with Gasteiger partial charge in [-0.15, -0.1) is 0 Å². The molecule has 10 heteroatoms. The number of nitrogens with one attached hydrogen (secondary N) is 2. The highest BCUT2D eigenvalue weighted by atomic mass is 32.2. The molecule has 0 saturated carbocycles. The summed E-state index contributed by atoms with van der Waals surface area (Å²) in [5.41, 5.74) is -2.76. The van der Waals surface area contributed by atoms with Crippen LogP contribution in [0.3, 0.4) is 0 Å². The van der Waals surface area contributed by atoms with Crippen molar-refractivity contribution >= 4 is 21.4 Å². The lowest BCUT2D eigenvalue weighted by atomic mass is 10.2. The Hall–Kier alpha value is -1.84. The number of amides is 1. The van der Waals surface area contributed by atoms with E-state index < -0.39 is 44.5 Å². The van der Waals surface area contributed by atoms with Gasteiger partial charge in [0.1, 0.15) is 11.4 Å². The third-order valence-corrected chi connectivity index (χ3v) is 4.10. The minimum absolute atomic E-state index is 0.223. The number of pyridine rings is 1. The van der Waals surface area contributed by atoms with E-state index in [-0.39, 0.29) is 5.75 Å². The van der Waals surface area contributed by atoms with Crippen LogP contribution in [0.4, 0.5) is 18.9 Å². The van der Waals surface area contributed by atoms with Gasteiger partial charge in [0.15, 0.2) is 9.84 Å². The Morgan fingerprint density at radius 1 is 1.38 bits per heavy atom. The van der Waals surface area contributed by atoms with Crippen LogP contribution in [0.5, 0.6) is 0 Å². The topological polar surface area (TPSA) is 96.1 Å². The average molecular weight is 326 g/mol. The Kier molecular flexibility index (Phi) is 5.15. The Morgan fingerprint density at radius 2 is 2.00 bits per heavy atom. The average Bonchev–Trinajstić information content (AvgIpc) is 2.29. The molecule has 1 aromatic rings. The van der Waals surface area contributed by atoms with Crippen molar-refractivity contribution < 1.29 is 26.4 Å². The maximum absolute atomic E-state index is 12.5. The number of halogens is 3. The molecule has 0 aliphatic heterocycles. The molecule has 0 aromatic carbocycles. The van der Waals surface area contributed by atoms with Gasteiger partial charge >= 0.3 is 6.18 Å². The van der Waals surface area contributed by atoms with Crippen LogP contribution >= 0.6 is 0 Å². The van der Waals surface area contributed by atoms with E-state index in [2.05, 4.69) is 0 Å². The fraction of sp³-hybridized carbons (Fsp3) is 0.455. The number of hydrogen-bond acceptors (Lipinski definition) is 4. The van der Waals surface area contributed by atoms with Crippen LogP contribution in [-0.4, -0.2) is 30.8 Å². The summed E-state index contributed by atoms with van der Waals surface area (Å²) in [4.78, 5) is 24.7. The van der Waals surface area contributed by atoms with E-state index in [1.807, 2.05) is 10.3 Å². The van der Waals surface area contributed by atoms with E-state index in [0.717, 1.165) is 0 Å². The Labute approximate surface area is 118 Å². The van der Waals surface area contributed by atoms with Crippen LogP contribution in [0.25, 0.3) is 0 Å². The van der Waals surface area contributed by atoms with Gasteiger partial charge in [-0.25, -0.2) is 8.42 Å². The smallest absolute Gasteiger partial charge is 0.327 e. The fourth-order valence-electron chi connectivity index (χ4n) is 1.51. The molecule has 0 aliphatic rings. The van der Waals surface area contributed by atoms with E-state index >= 15 is 0 Å². The largest absolute Gasteiger partial charge is 0.417 e. The van der Waals surface area contributed by atoms with Gasteiger partial charge in [-0.05, 0) is 12.5 Å². The number of aromatic amines is 1. The van der Waals surface area contributed by atoms with E-state index in [9.17, 15) is 31.2 Å². The van der Waals surface area contributed by atoms with Crippen LogP contribution in [0.15, 0.2) is 17.1 Å². The molecule has 0 unspecified atom stereocenters. The van der Waals surface area contributed by atoms with Crippen molar-refractivity contribution in [2.45, 2.75) is 19.5 Å². The van der Waals surface area contributed by atoms with Crippen molar-refractivity contribution in [1.29, 1.82) is 0 Å². The second-order valence-electron chi connectivity index (χ2n) is 4.27. The molecule has 1 rings (SSSR count). The quantitative estimate of drug-likeness (QED) is 0.848. The zero-order valence-electron chi connectivity index (χ0n) is 11.0. The van der Waals surface area contributed by atoms with Crippen LogP contribution in [0.2, 0.25) is 0 Å². The molecular formula is C11H13F3N2O4S. The molecule has 118 valence electrons. The predicted octanol–water partition coefficient (Wildman–Crippen LogP) is 1.16. The van der Waals surface area contributed by atoms with Crippen LogP contribution < -0.4 is 10.9 Å². The fourth-order valence-corrected chi connectivity index (χ4v) is 2.75. The van der Waals surface area contributed by atoms with Gasteiger partial charge in [-0.2, -0.15) is 13.2 Å². The molecule has 2 N–H and O–H groups in total. The number of carbonyl (C=O) groups is 1. The number of rotatable bonds is 5. The summed E-state index contributed by atoms with van der Waals surface area (Å²) in [6.45, 7) is 1.60. The Bertz CT molecular complexity index is 679. The zero-order valence-corrected chi connectivity index (χ0v) is 11.8. The molecule has 21 heavy (non-hydrogen) atoms. The second-order valence-corrected chi connectivity index (χ2v) is 6.45. The molecule has 0 aliphatic carbocycles. The third kappa shape index (κ3) is 5.21. The molecule has 0 radical (unpaired) electrons. The number of aromatic nitrogens is 1. The number of carbonyl (C=O) groups excluding carboxylic acids is 1. The van der Waals surface area contributed by atoms with Gasteiger partial charge in [0.2, 0.25) is 5.91 Å². The van der Waals surface area contributed by atoms with E-state index in [1.54, 1.807) is 6.92 Å². The Morgan fingerprint density at radius 3 is 2.52 bits per heavy atom. The molecular weight excluding hydrogens is 313 g/mol. The molecule has 0 saturated heterocycles. The predicted molar refractivity (Wildman–Crippen MR) is 69.6 cm³/mol. The van der Waals surface area contributed by atoms with Gasteiger partial charge < -0.3 is 10.3 Å². The summed E-state index contributed by atoms with van der Waals surface area (Å²) in [6, 6.07) is 0.448. The normalized spacial score (nSPS) is 12.2. The van der Waals surface area contributed by atoms with Crippen LogP contribution in [-0.2, 0) is 20.8 Å². The monoisotopic (exact) mass is 326 g/mol. The van der Waals surface area contributed by atoms with Crippen molar-refractivity contribution in [1.82, 2.24) is 4.98 Å². The van der Waals surface area contributed by atoms with Gasteiger partial charge in [0, 0.05) is 6.20 Å². The van der Waals surface area contributed by atoms with Crippen molar-refractivity contribution in [3.63, 3.8) is 0 Å². The number of hydrogen-bond donors (Lipinski definition) is 2. The van der Waals surface area contributed by atoms with Crippen molar-refractivity contribution in [3.8, 4) is 0 Å². The molecule has 1 aromatic heterocycles.